The number of aliphatic hydroxyl groups excluding tert-OH is 3. The first kappa shape index (κ1) is 25.7. The van der Waals surface area contributed by atoms with Crippen LogP contribution in [0.2, 0.25) is 0 Å². The second kappa shape index (κ2) is 9.72. The van der Waals surface area contributed by atoms with E-state index in [-0.39, 0.29) is 17.2 Å². The Labute approximate surface area is 211 Å². The molecule has 4 saturated carbocycles. The van der Waals surface area contributed by atoms with E-state index in [1.54, 1.807) is 18.2 Å². The molecule has 4 fully saturated rings. The third-order valence-corrected chi connectivity index (χ3v) is 11.9. The summed E-state index contributed by atoms with van der Waals surface area (Å²) in [6.07, 6.45) is 10.1. The van der Waals surface area contributed by atoms with Gasteiger partial charge >= 0.3 is 0 Å². The van der Waals surface area contributed by atoms with E-state index < -0.39 is 18.3 Å². The molecule has 0 heterocycles. The first-order valence-electron chi connectivity index (χ1n) is 14.5. The highest BCUT2D eigenvalue weighted by molar-refractivity contribution is 5.19. The minimum Gasteiger partial charge on any atom is -0.390 e. The van der Waals surface area contributed by atoms with Crippen LogP contribution in [-0.4, -0.2) is 27.5 Å². The molecule has 0 aromatic heterocycles. The number of aliphatic hydroxyl groups is 3. The Hall–Kier alpha value is -0.970. The van der Waals surface area contributed by atoms with Crippen molar-refractivity contribution in [3.05, 3.63) is 35.6 Å². The average molecular weight is 487 g/mol. The lowest BCUT2D eigenvalue weighted by molar-refractivity contribution is -0.174. The summed E-state index contributed by atoms with van der Waals surface area (Å²) >= 11 is 0. The molecule has 4 aliphatic rings. The number of benzene rings is 1. The van der Waals surface area contributed by atoms with E-state index >= 15 is 0 Å². The molecule has 1 unspecified atom stereocenters. The summed E-state index contributed by atoms with van der Waals surface area (Å²) in [6, 6.07) is 6.60. The van der Waals surface area contributed by atoms with Crippen LogP contribution < -0.4 is 0 Å². The summed E-state index contributed by atoms with van der Waals surface area (Å²) < 4.78 is 14.0. The van der Waals surface area contributed by atoms with Crippen molar-refractivity contribution >= 4 is 0 Å². The standard InChI is InChI=1S/C31H47FO3/c1-19(7-6-10-27(33)21-8-4-5-9-26(21)32)22-13-14-23-20-11-12-25-29(35)28(34)16-18-31(25,3)24(20)15-17-30(22,23)2/h4-5,8-9,19-20,22-25,27-29,33-35H,6-7,10-18H2,1-3H3/t19-,20+,22-,23+,24+,25+,27?,28+,29-,30-,31-/m1/s1. The Morgan fingerprint density at radius 1 is 0.886 bits per heavy atom. The summed E-state index contributed by atoms with van der Waals surface area (Å²) in [5, 5.41) is 31.6. The largest absolute Gasteiger partial charge is 0.390 e. The van der Waals surface area contributed by atoms with Crippen molar-refractivity contribution in [1.29, 1.82) is 0 Å². The molecule has 0 spiro atoms. The van der Waals surface area contributed by atoms with Crippen molar-refractivity contribution in [3.8, 4) is 0 Å². The SMILES string of the molecule is C[C@H](CCCC(O)c1ccccc1F)[C@H]1CC[C@H]2[C@@H]3CC[C@H]4[C@@H](O)[C@@H](O)CC[C@]4(C)[C@H]3CC[C@]12C. The van der Waals surface area contributed by atoms with Crippen LogP contribution in [-0.2, 0) is 0 Å². The van der Waals surface area contributed by atoms with Gasteiger partial charge in [-0.05, 0) is 110 Å². The van der Waals surface area contributed by atoms with Gasteiger partial charge in [-0.3, -0.25) is 0 Å². The molecule has 1 aromatic carbocycles. The zero-order valence-corrected chi connectivity index (χ0v) is 22.0. The van der Waals surface area contributed by atoms with Crippen molar-refractivity contribution in [2.24, 2.45) is 46.3 Å². The molecule has 5 rings (SSSR count). The quantitative estimate of drug-likeness (QED) is 0.421. The Morgan fingerprint density at radius 3 is 2.34 bits per heavy atom. The lowest BCUT2D eigenvalue weighted by Crippen LogP contribution is -2.58. The minimum absolute atomic E-state index is 0.176. The van der Waals surface area contributed by atoms with Gasteiger partial charge in [0.2, 0.25) is 0 Å². The molecule has 35 heavy (non-hydrogen) atoms. The van der Waals surface area contributed by atoms with Crippen molar-refractivity contribution in [2.45, 2.75) is 110 Å². The summed E-state index contributed by atoms with van der Waals surface area (Å²) in [7, 11) is 0. The Balaban J connectivity index is 1.22. The molecule has 11 atom stereocenters. The maximum atomic E-state index is 14.0. The number of halogens is 1. The Kier molecular flexibility index (Phi) is 7.13. The molecule has 0 radical (unpaired) electrons. The van der Waals surface area contributed by atoms with Gasteiger partial charge in [-0.1, -0.05) is 51.8 Å². The third kappa shape index (κ3) is 4.30. The average Bonchev–Trinajstić information content (AvgIpc) is 3.19. The highest BCUT2D eigenvalue weighted by Crippen LogP contribution is 2.68. The molecule has 4 heteroatoms. The molecular weight excluding hydrogens is 439 g/mol. The number of fused-ring (bicyclic) bond motifs is 5. The van der Waals surface area contributed by atoms with Gasteiger partial charge in [0.1, 0.15) is 5.82 Å². The Morgan fingerprint density at radius 2 is 1.57 bits per heavy atom. The molecule has 1 aromatic rings. The zero-order chi connectivity index (χ0) is 25.0. The minimum atomic E-state index is -0.717. The van der Waals surface area contributed by atoms with Crippen LogP contribution in [0.5, 0.6) is 0 Å². The lowest BCUT2D eigenvalue weighted by Gasteiger charge is -2.62. The second-order valence-corrected chi connectivity index (χ2v) is 13.3. The highest BCUT2D eigenvalue weighted by atomic mass is 19.1. The third-order valence-electron chi connectivity index (χ3n) is 11.9. The first-order valence-corrected chi connectivity index (χ1v) is 14.5. The summed E-state index contributed by atoms with van der Waals surface area (Å²) in [6.45, 7) is 7.42. The fraction of sp³-hybridized carbons (Fsp3) is 0.806. The maximum Gasteiger partial charge on any atom is 0.128 e. The molecule has 0 amide bonds. The molecule has 0 bridgehead atoms. The predicted molar refractivity (Wildman–Crippen MR) is 137 cm³/mol. The van der Waals surface area contributed by atoms with Crippen molar-refractivity contribution in [2.75, 3.05) is 0 Å². The summed E-state index contributed by atoms with van der Waals surface area (Å²) in [4.78, 5) is 0. The zero-order valence-electron chi connectivity index (χ0n) is 22.0. The molecule has 0 saturated heterocycles. The highest BCUT2D eigenvalue weighted by Gasteiger charge is 2.61. The van der Waals surface area contributed by atoms with Gasteiger partial charge in [0, 0.05) is 5.56 Å². The van der Waals surface area contributed by atoms with Gasteiger partial charge in [0.05, 0.1) is 18.3 Å². The topological polar surface area (TPSA) is 60.7 Å². The van der Waals surface area contributed by atoms with Crippen LogP contribution >= 0.6 is 0 Å². The van der Waals surface area contributed by atoms with Crippen LogP contribution in [0.15, 0.2) is 24.3 Å². The van der Waals surface area contributed by atoms with Crippen molar-refractivity contribution < 1.29 is 19.7 Å². The normalized spacial score (nSPS) is 44.7. The van der Waals surface area contributed by atoms with Crippen molar-refractivity contribution in [1.82, 2.24) is 0 Å². The molecular formula is C31H47FO3. The van der Waals surface area contributed by atoms with Gasteiger partial charge in [0.25, 0.3) is 0 Å². The fourth-order valence-corrected chi connectivity index (χ4v) is 10.0. The molecule has 0 aliphatic heterocycles. The lowest BCUT2D eigenvalue weighted by atomic mass is 9.44. The monoisotopic (exact) mass is 486 g/mol. The van der Waals surface area contributed by atoms with Crippen LogP contribution in [0.1, 0.15) is 103 Å². The molecule has 4 aliphatic carbocycles. The number of hydrogen-bond acceptors (Lipinski definition) is 3. The van der Waals surface area contributed by atoms with E-state index in [0.29, 0.717) is 29.2 Å². The van der Waals surface area contributed by atoms with Gasteiger partial charge in [-0.25, -0.2) is 4.39 Å². The van der Waals surface area contributed by atoms with Crippen LogP contribution in [0.4, 0.5) is 4.39 Å². The maximum absolute atomic E-state index is 14.0. The number of hydrogen-bond donors (Lipinski definition) is 3. The van der Waals surface area contributed by atoms with Crippen molar-refractivity contribution in [3.63, 3.8) is 0 Å². The van der Waals surface area contributed by atoms with E-state index in [4.69, 9.17) is 0 Å². The Bertz CT molecular complexity index is 890. The second-order valence-electron chi connectivity index (χ2n) is 13.3. The molecule has 3 N–H and O–H groups in total. The van der Waals surface area contributed by atoms with Gasteiger partial charge in [-0.15, -0.1) is 0 Å². The smallest absolute Gasteiger partial charge is 0.128 e. The van der Waals surface area contributed by atoms with E-state index in [2.05, 4.69) is 20.8 Å². The van der Waals surface area contributed by atoms with Gasteiger partial charge < -0.3 is 15.3 Å². The summed E-state index contributed by atoms with van der Waals surface area (Å²) in [5.41, 5.74) is 0.992. The molecule has 196 valence electrons. The van der Waals surface area contributed by atoms with Gasteiger partial charge in [-0.2, -0.15) is 0 Å². The van der Waals surface area contributed by atoms with E-state index in [9.17, 15) is 19.7 Å². The van der Waals surface area contributed by atoms with E-state index in [0.717, 1.165) is 49.9 Å². The van der Waals surface area contributed by atoms with E-state index in [1.165, 1.54) is 38.2 Å². The first-order chi connectivity index (χ1) is 16.7. The van der Waals surface area contributed by atoms with Gasteiger partial charge in [0.15, 0.2) is 0 Å². The van der Waals surface area contributed by atoms with Crippen LogP contribution in [0, 0.1) is 52.2 Å². The molecule has 3 nitrogen and oxygen atoms in total. The predicted octanol–water partition coefficient (Wildman–Crippen LogP) is 6.66. The fourth-order valence-electron chi connectivity index (χ4n) is 10.0. The van der Waals surface area contributed by atoms with E-state index in [1.807, 2.05) is 0 Å². The summed E-state index contributed by atoms with van der Waals surface area (Å²) in [5.74, 6) is 3.52. The van der Waals surface area contributed by atoms with Crippen LogP contribution in [0.3, 0.4) is 0 Å². The van der Waals surface area contributed by atoms with Crippen LogP contribution in [0.25, 0.3) is 0 Å². The number of rotatable bonds is 6.